The maximum Gasteiger partial charge on any atom is 0.339 e. The lowest BCUT2D eigenvalue weighted by Crippen LogP contribution is -2.03. The Kier molecular flexibility index (Phi) is 4.47. The van der Waals surface area contributed by atoms with E-state index in [1.54, 1.807) is 0 Å². The minimum absolute atomic E-state index is 0.00682. The lowest BCUT2D eigenvalue weighted by molar-refractivity contribution is 0.0692. The van der Waals surface area contributed by atoms with Gasteiger partial charge >= 0.3 is 5.97 Å². The molecule has 0 fully saturated rings. The summed E-state index contributed by atoms with van der Waals surface area (Å²) in [5.41, 5.74) is 0.539. The number of ether oxygens (including phenoxy) is 1. The van der Waals surface area contributed by atoms with Crippen LogP contribution in [0.25, 0.3) is 0 Å². The first-order valence-corrected chi connectivity index (χ1v) is 6.32. The summed E-state index contributed by atoms with van der Waals surface area (Å²) in [6, 6.07) is 8.11. The second-order valence-electron chi connectivity index (χ2n) is 3.97. The number of hydrogen-bond donors (Lipinski definition) is 1. The number of halogens is 3. The Balaban J connectivity index is 2.22. The van der Waals surface area contributed by atoms with Crippen molar-refractivity contribution in [3.63, 3.8) is 0 Å². The van der Waals surface area contributed by atoms with Gasteiger partial charge in [0.05, 0.1) is 5.02 Å². The third-order valence-electron chi connectivity index (χ3n) is 2.57. The highest BCUT2D eigenvalue weighted by Gasteiger charge is 2.12. The van der Waals surface area contributed by atoms with Gasteiger partial charge in [0.15, 0.2) is 0 Å². The highest BCUT2D eigenvalue weighted by Crippen LogP contribution is 2.26. The average molecular weight is 315 g/mol. The zero-order valence-corrected chi connectivity index (χ0v) is 11.6. The molecule has 0 radical (unpaired) electrons. The van der Waals surface area contributed by atoms with Crippen LogP contribution in [0.5, 0.6) is 5.75 Å². The Bertz CT molecular complexity index is 659. The molecule has 0 amide bonds. The minimum atomic E-state index is -1.12. The lowest BCUT2D eigenvalue weighted by Gasteiger charge is -2.10. The van der Waals surface area contributed by atoms with Crippen molar-refractivity contribution in [1.82, 2.24) is 0 Å². The second-order valence-corrected chi connectivity index (χ2v) is 4.81. The van der Waals surface area contributed by atoms with E-state index in [4.69, 9.17) is 33.0 Å². The van der Waals surface area contributed by atoms with Gasteiger partial charge in [0.1, 0.15) is 23.7 Å². The van der Waals surface area contributed by atoms with E-state index in [9.17, 15) is 9.18 Å². The topological polar surface area (TPSA) is 46.5 Å². The molecule has 0 atom stereocenters. The molecule has 2 aromatic carbocycles. The Morgan fingerprint density at radius 3 is 2.60 bits per heavy atom. The maximum absolute atomic E-state index is 12.9. The molecule has 2 aromatic rings. The van der Waals surface area contributed by atoms with Crippen LogP contribution in [0.4, 0.5) is 4.39 Å². The zero-order chi connectivity index (χ0) is 14.7. The fourth-order valence-corrected chi connectivity index (χ4v) is 1.97. The number of hydrogen-bond acceptors (Lipinski definition) is 2. The summed E-state index contributed by atoms with van der Waals surface area (Å²) in [7, 11) is 0. The van der Waals surface area contributed by atoms with Crippen molar-refractivity contribution < 1.29 is 19.0 Å². The van der Waals surface area contributed by atoms with E-state index < -0.39 is 11.8 Å². The molecule has 1 N–H and O–H groups in total. The van der Waals surface area contributed by atoms with Crippen LogP contribution in [0.3, 0.4) is 0 Å². The number of aromatic carboxylic acids is 1. The van der Waals surface area contributed by atoms with Gasteiger partial charge in [0, 0.05) is 10.6 Å². The molecule has 0 heterocycles. The second kappa shape index (κ2) is 6.11. The van der Waals surface area contributed by atoms with Crippen LogP contribution in [-0.4, -0.2) is 11.1 Å². The van der Waals surface area contributed by atoms with Gasteiger partial charge in [-0.15, -0.1) is 0 Å². The van der Waals surface area contributed by atoms with Crippen LogP contribution in [0.2, 0.25) is 10.0 Å². The summed E-state index contributed by atoms with van der Waals surface area (Å²) in [6.45, 7) is 0.0136. The third-order valence-corrected chi connectivity index (χ3v) is 3.16. The van der Waals surface area contributed by atoms with Crippen molar-refractivity contribution in [2.45, 2.75) is 6.61 Å². The first kappa shape index (κ1) is 14.6. The predicted octanol–water partition coefficient (Wildman–Crippen LogP) is 4.41. The van der Waals surface area contributed by atoms with Gasteiger partial charge in [0.25, 0.3) is 0 Å². The molecule has 0 bridgehead atoms. The smallest absolute Gasteiger partial charge is 0.339 e. The van der Waals surface area contributed by atoms with Crippen LogP contribution in [0.1, 0.15) is 15.9 Å². The van der Waals surface area contributed by atoms with Crippen molar-refractivity contribution >= 4 is 29.2 Å². The van der Waals surface area contributed by atoms with Gasteiger partial charge in [-0.2, -0.15) is 0 Å². The van der Waals surface area contributed by atoms with Gasteiger partial charge in [-0.05, 0) is 30.3 Å². The molecule has 3 nitrogen and oxygen atoms in total. The molecule has 104 valence electrons. The van der Waals surface area contributed by atoms with E-state index >= 15 is 0 Å². The SMILES string of the molecule is O=C(O)c1ccc(Cl)cc1OCc1ccc(F)cc1Cl. The Morgan fingerprint density at radius 2 is 1.95 bits per heavy atom. The number of carbonyl (C=O) groups is 1. The summed E-state index contributed by atoms with van der Waals surface area (Å²) in [6.07, 6.45) is 0. The van der Waals surface area contributed by atoms with E-state index in [0.29, 0.717) is 10.6 Å². The van der Waals surface area contributed by atoms with Gasteiger partial charge in [-0.25, -0.2) is 9.18 Å². The number of benzene rings is 2. The van der Waals surface area contributed by atoms with Crippen molar-refractivity contribution in [3.05, 3.63) is 63.4 Å². The molecule has 0 aromatic heterocycles. The lowest BCUT2D eigenvalue weighted by atomic mass is 10.2. The molecule has 0 spiro atoms. The third kappa shape index (κ3) is 3.40. The molecular formula is C14H9Cl2FO3. The largest absolute Gasteiger partial charge is 0.488 e. The highest BCUT2D eigenvalue weighted by atomic mass is 35.5. The normalized spacial score (nSPS) is 10.3. The fraction of sp³-hybridized carbons (Fsp3) is 0.0714. The molecule has 0 aliphatic heterocycles. The summed E-state index contributed by atoms with van der Waals surface area (Å²) in [5, 5.41) is 9.61. The quantitative estimate of drug-likeness (QED) is 0.909. The summed E-state index contributed by atoms with van der Waals surface area (Å²) < 4.78 is 18.3. The van der Waals surface area contributed by atoms with Crippen LogP contribution in [0.15, 0.2) is 36.4 Å². The molecule has 0 unspecified atom stereocenters. The van der Waals surface area contributed by atoms with Crippen LogP contribution < -0.4 is 4.74 Å². The standard InChI is InChI=1S/C14H9Cl2FO3/c15-9-2-4-11(14(18)19)13(5-9)20-7-8-1-3-10(17)6-12(8)16/h1-6H,7H2,(H,18,19). The molecule has 0 aliphatic carbocycles. The Labute approximate surface area is 124 Å². The van der Waals surface area contributed by atoms with Gasteiger partial charge in [0.2, 0.25) is 0 Å². The molecule has 6 heteroatoms. The van der Waals surface area contributed by atoms with E-state index in [1.165, 1.54) is 30.3 Å². The van der Waals surface area contributed by atoms with Crippen LogP contribution in [0, 0.1) is 5.82 Å². The Morgan fingerprint density at radius 1 is 1.20 bits per heavy atom. The summed E-state index contributed by atoms with van der Waals surface area (Å²) in [5.74, 6) is -1.44. The van der Waals surface area contributed by atoms with E-state index in [2.05, 4.69) is 0 Å². The van der Waals surface area contributed by atoms with Crippen LogP contribution >= 0.6 is 23.2 Å². The number of carboxylic acid groups (broad SMARTS) is 1. The van der Waals surface area contributed by atoms with Gasteiger partial charge in [-0.3, -0.25) is 0 Å². The molecular weight excluding hydrogens is 306 g/mol. The van der Waals surface area contributed by atoms with Crippen molar-refractivity contribution in [2.75, 3.05) is 0 Å². The average Bonchev–Trinajstić information content (AvgIpc) is 2.37. The Hall–Kier alpha value is -1.78. The van der Waals surface area contributed by atoms with Gasteiger partial charge < -0.3 is 9.84 Å². The number of carboxylic acids is 1. The fourth-order valence-electron chi connectivity index (χ4n) is 1.59. The van der Waals surface area contributed by atoms with E-state index in [-0.39, 0.29) is 22.9 Å². The van der Waals surface area contributed by atoms with E-state index in [1.807, 2.05) is 0 Å². The predicted molar refractivity (Wildman–Crippen MR) is 74.2 cm³/mol. The van der Waals surface area contributed by atoms with Crippen LogP contribution in [-0.2, 0) is 6.61 Å². The van der Waals surface area contributed by atoms with Gasteiger partial charge in [-0.1, -0.05) is 29.3 Å². The monoisotopic (exact) mass is 314 g/mol. The zero-order valence-electron chi connectivity index (χ0n) is 10.1. The first-order chi connectivity index (χ1) is 9.47. The van der Waals surface area contributed by atoms with Crippen molar-refractivity contribution in [2.24, 2.45) is 0 Å². The molecule has 0 saturated heterocycles. The summed E-state index contributed by atoms with van der Waals surface area (Å²) >= 11 is 11.7. The molecule has 2 rings (SSSR count). The maximum atomic E-state index is 12.9. The summed E-state index contributed by atoms with van der Waals surface area (Å²) in [4.78, 5) is 11.1. The molecule has 0 saturated carbocycles. The minimum Gasteiger partial charge on any atom is -0.488 e. The molecule has 0 aliphatic rings. The van der Waals surface area contributed by atoms with E-state index in [0.717, 1.165) is 6.07 Å². The number of rotatable bonds is 4. The first-order valence-electron chi connectivity index (χ1n) is 5.57. The highest BCUT2D eigenvalue weighted by molar-refractivity contribution is 6.31. The van der Waals surface area contributed by atoms with Crippen molar-refractivity contribution in [1.29, 1.82) is 0 Å². The van der Waals surface area contributed by atoms with Crippen molar-refractivity contribution in [3.8, 4) is 5.75 Å². The molecule has 20 heavy (non-hydrogen) atoms.